The molecule has 9 nitrogen and oxygen atoms in total. The second-order valence-electron chi connectivity index (χ2n) is 6.81. The Balaban J connectivity index is 1.59. The Bertz CT molecular complexity index is 1350. The highest BCUT2D eigenvalue weighted by molar-refractivity contribution is 5.94. The second kappa shape index (κ2) is 9.39. The molecular weight excluding hydrogens is 436 g/mol. The quantitative estimate of drug-likeness (QED) is 0.458. The molecule has 0 aliphatic rings. The predicted molar refractivity (Wildman–Crippen MR) is 113 cm³/mol. The van der Waals surface area contributed by atoms with Gasteiger partial charge < -0.3 is 14.6 Å². The fourth-order valence-electron chi connectivity index (χ4n) is 3.04. The predicted octanol–water partition coefficient (Wildman–Crippen LogP) is 2.81. The van der Waals surface area contributed by atoms with Crippen molar-refractivity contribution in [3.8, 4) is 28.7 Å². The number of carbonyl (C=O) groups is 1. The minimum Gasteiger partial charge on any atom is -0.463 e. The lowest BCUT2D eigenvalue weighted by molar-refractivity contribution is 0.0959. The number of aromatic nitrogens is 4. The Morgan fingerprint density at radius 1 is 1.15 bits per heavy atom. The fourth-order valence-corrected chi connectivity index (χ4v) is 3.04. The number of hydrogen-bond acceptors (Lipinski definition) is 7. The topological polar surface area (TPSA) is 112 Å². The van der Waals surface area contributed by atoms with Gasteiger partial charge in [-0.15, -0.1) is 0 Å². The maximum atomic E-state index is 13.9. The van der Waals surface area contributed by atoms with Crippen LogP contribution in [0.1, 0.15) is 15.9 Å². The molecule has 2 heterocycles. The smallest absolute Gasteiger partial charge is 0.278 e. The monoisotopic (exact) mass is 453 g/mol. The van der Waals surface area contributed by atoms with Crippen LogP contribution in [0.15, 0.2) is 63.9 Å². The van der Waals surface area contributed by atoms with Crippen LogP contribution in [0.4, 0.5) is 8.78 Å². The van der Waals surface area contributed by atoms with Gasteiger partial charge in [-0.25, -0.2) is 13.5 Å². The number of carbonyl (C=O) groups excluding carboxylic acids is 1. The molecule has 1 N–H and O–H groups in total. The van der Waals surface area contributed by atoms with Gasteiger partial charge in [0.1, 0.15) is 17.3 Å². The Morgan fingerprint density at radius 3 is 2.67 bits per heavy atom. The summed E-state index contributed by atoms with van der Waals surface area (Å²) in [6.45, 7) is -0.938. The van der Waals surface area contributed by atoms with E-state index in [4.69, 9.17) is 9.26 Å². The van der Waals surface area contributed by atoms with Gasteiger partial charge >= 0.3 is 0 Å². The van der Waals surface area contributed by atoms with Crippen LogP contribution in [0.25, 0.3) is 23.0 Å². The van der Waals surface area contributed by atoms with E-state index in [1.807, 2.05) is 0 Å². The molecule has 2 aromatic heterocycles. The molecule has 0 unspecified atom stereocenters. The van der Waals surface area contributed by atoms with Crippen molar-refractivity contribution in [3.63, 3.8) is 0 Å². The van der Waals surface area contributed by atoms with Crippen LogP contribution in [-0.4, -0.2) is 39.7 Å². The van der Waals surface area contributed by atoms with Crippen LogP contribution >= 0.6 is 0 Å². The lowest BCUT2D eigenvalue weighted by Crippen LogP contribution is -2.24. The molecule has 0 saturated carbocycles. The Labute approximate surface area is 185 Å². The molecular formula is C22H17F2N5O4. The first-order valence-electron chi connectivity index (χ1n) is 9.70. The number of ether oxygens (including phenoxy) is 1. The summed E-state index contributed by atoms with van der Waals surface area (Å²) in [5.74, 6) is -0.543. The Morgan fingerprint density at radius 2 is 1.94 bits per heavy atom. The zero-order chi connectivity index (χ0) is 23.4. The van der Waals surface area contributed by atoms with Crippen molar-refractivity contribution in [2.24, 2.45) is 0 Å². The average molecular weight is 453 g/mol. The second-order valence-corrected chi connectivity index (χ2v) is 6.81. The highest BCUT2D eigenvalue weighted by Gasteiger charge is 2.15. The van der Waals surface area contributed by atoms with Crippen molar-refractivity contribution in [1.29, 1.82) is 0 Å². The minimum absolute atomic E-state index is 0.00598. The molecule has 11 heteroatoms. The third-order valence-electron chi connectivity index (χ3n) is 4.68. The molecule has 2 aromatic carbocycles. The van der Waals surface area contributed by atoms with Gasteiger partial charge in [-0.3, -0.25) is 9.59 Å². The number of halogens is 2. The molecule has 4 rings (SSSR count). The van der Waals surface area contributed by atoms with Crippen molar-refractivity contribution in [3.05, 3.63) is 81.9 Å². The SMILES string of the molecule is CNC(=O)c1cc(Cn2nc(-c3nc(-c4ccc(OCF)cc4)no3)ccc2=O)ccc1F. The van der Waals surface area contributed by atoms with Crippen molar-refractivity contribution >= 4 is 5.91 Å². The molecule has 0 aliphatic heterocycles. The number of amides is 1. The van der Waals surface area contributed by atoms with Crippen LogP contribution in [0, 0.1) is 5.82 Å². The summed E-state index contributed by atoms with van der Waals surface area (Å²) < 4.78 is 37.4. The van der Waals surface area contributed by atoms with E-state index in [0.717, 1.165) is 10.7 Å². The van der Waals surface area contributed by atoms with Crippen LogP contribution in [0.3, 0.4) is 0 Å². The van der Waals surface area contributed by atoms with Crippen LogP contribution < -0.4 is 15.6 Å². The summed E-state index contributed by atoms with van der Waals surface area (Å²) in [5, 5.41) is 10.5. The Kier molecular flexibility index (Phi) is 6.20. The summed E-state index contributed by atoms with van der Waals surface area (Å²) >= 11 is 0. The molecule has 33 heavy (non-hydrogen) atoms. The number of nitrogens with one attached hydrogen (secondary N) is 1. The van der Waals surface area contributed by atoms with E-state index >= 15 is 0 Å². The number of nitrogens with zero attached hydrogens (tertiary/aromatic N) is 4. The largest absolute Gasteiger partial charge is 0.463 e. The first kappa shape index (κ1) is 21.8. The molecule has 0 aliphatic carbocycles. The van der Waals surface area contributed by atoms with Crippen LogP contribution in [0.5, 0.6) is 5.75 Å². The third-order valence-corrected chi connectivity index (χ3v) is 4.68. The molecule has 0 saturated heterocycles. The summed E-state index contributed by atoms with van der Waals surface area (Å²) in [6, 6.07) is 13.1. The van der Waals surface area contributed by atoms with E-state index in [1.165, 1.54) is 31.3 Å². The van der Waals surface area contributed by atoms with Gasteiger partial charge in [-0.05, 0) is 48.0 Å². The standard InChI is InChI=1S/C22H17F2N5O4/c1-25-21(31)16-10-13(2-7-17(16)24)11-29-19(30)9-8-18(27-29)22-26-20(28-33-22)14-3-5-15(6-4-14)32-12-23/h2-10H,11-12H2,1H3,(H,25,31). The van der Waals surface area contributed by atoms with Gasteiger partial charge in [0.15, 0.2) is 0 Å². The van der Waals surface area contributed by atoms with Crippen molar-refractivity contribution < 1.29 is 22.8 Å². The van der Waals surface area contributed by atoms with E-state index in [9.17, 15) is 18.4 Å². The zero-order valence-corrected chi connectivity index (χ0v) is 17.3. The molecule has 0 radical (unpaired) electrons. The normalized spacial score (nSPS) is 10.8. The maximum Gasteiger partial charge on any atom is 0.278 e. The number of hydrogen-bond donors (Lipinski definition) is 1. The van der Waals surface area contributed by atoms with E-state index < -0.39 is 24.1 Å². The van der Waals surface area contributed by atoms with Crippen LogP contribution in [-0.2, 0) is 6.54 Å². The molecule has 4 aromatic rings. The zero-order valence-electron chi connectivity index (χ0n) is 17.3. The highest BCUT2D eigenvalue weighted by Crippen LogP contribution is 2.23. The molecule has 0 fully saturated rings. The fraction of sp³-hybridized carbons (Fsp3) is 0.136. The molecule has 0 atom stereocenters. The highest BCUT2D eigenvalue weighted by atomic mass is 19.1. The summed E-state index contributed by atoms with van der Waals surface area (Å²) in [6.07, 6.45) is 0. The van der Waals surface area contributed by atoms with E-state index in [-0.39, 0.29) is 29.5 Å². The number of alkyl halides is 1. The Hall–Kier alpha value is -4.41. The molecule has 0 spiro atoms. The van der Waals surface area contributed by atoms with Crippen LogP contribution in [0.2, 0.25) is 0 Å². The lowest BCUT2D eigenvalue weighted by Gasteiger charge is -2.08. The van der Waals surface area contributed by atoms with Gasteiger partial charge in [0, 0.05) is 18.7 Å². The van der Waals surface area contributed by atoms with Crippen molar-refractivity contribution in [1.82, 2.24) is 25.2 Å². The molecule has 1 amide bonds. The first-order chi connectivity index (χ1) is 16.0. The van der Waals surface area contributed by atoms with E-state index in [0.29, 0.717) is 16.9 Å². The summed E-state index contributed by atoms with van der Waals surface area (Å²) in [5.41, 5.74) is 0.817. The molecule has 0 bridgehead atoms. The lowest BCUT2D eigenvalue weighted by atomic mass is 10.1. The summed E-state index contributed by atoms with van der Waals surface area (Å²) in [7, 11) is 1.40. The third kappa shape index (κ3) is 4.76. The van der Waals surface area contributed by atoms with Gasteiger partial charge in [0.25, 0.3) is 17.4 Å². The summed E-state index contributed by atoms with van der Waals surface area (Å²) in [4.78, 5) is 28.4. The van der Waals surface area contributed by atoms with Gasteiger partial charge in [0.2, 0.25) is 12.7 Å². The average Bonchev–Trinajstić information content (AvgIpc) is 3.32. The first-order valence-corrected chi connectivity index (χ1v) is 9.70. The van der Waals surface area contributed by atoms with Gasteiger partial charge in [-0.1, -0.05) is 11.2 Å². The van der Waals surface area contributed by atoms with Crippen molar-refractivity contribution in [2.75, 3.05) is 13.9 Å². The maximum absolute atomic E-state index is 13.9. The number of benzene rings is 2. The van der Waals surface area contributed by atoms with E-state index in [2.05, 4.69) is 20.6 Å². The van der Waals surface area contributed by atoms with E-state index in [1.54, 1.807) is 24.3 Å². The minimum atomic E-state index is -0.932. The molecule has 168 valence electrons. The van der Waals surface area contributed by atoms with Crippen molar-refractivity contribution in [2.45, 2.75) is 6.54 Å². The van der Waals surface area contributed by atoms with Gasteiger partial charge in [0.05, 0.1) is 12.1 Å². The number of rotatable bonds is 7. The van der Waals surface area contributed by atoms with Gasteiger partial charge in [-0.2, -0.15) is 10.1 Å².